The van der Waals surface area contributed by atoms with Crippen molar-refractivity contribution in [3.05, 3.63) is 0 Å². The Bertz CT molecular complexity index is 371. The molecule has 5 fully saturated rings. The van der Waals surface area contributed by atoms with Gasteiger partial charge in [-0.25, -0.2) is 0 Å². The number of rotatable bonds is 2. The van der Waals surface area contributed by atoms with Crippen molar-refractivity contribution < 1.29 is 0 Å². The van der Waals surface area contributed by atoms with Crippen molar-refractivity contribution in [2.75, 3.05) is 0 Å². The van der Waals surface area contributed by atoms with Crippen LogP contribution < -0.4 is 10.6 Å². The lowest BCUT2D eigenvalue weighted by Gasteiger charge is -2.57. The molecule has 3 heteroatoms. The Balaban J connectivity index is 1.37. The average molecular weight is 292 g/mol. The van der Waals surface area contributed by atoms with Crippen LogP contribution in [-0.2, 0) is 0 Å². The molecule has 0 heterocycles. The van der Waals surface area contributed by atoms with E-state index in [1.54, 1.807) is 0 Å². The minimum atomic E-state index is 0.364. The van der Waals surface area contributed by atoms with E-state index in [-0.39, 0.29) is 0 Å². The minimum absolute atomic E-state index is 0.364. The lowest BCUT2D eigenvalue weighted by molar-refractivity contribution is -0.0102. The lowest BCUT2D eigenvalue weighted by Crippen LogP contribution is -2.62. The van der Waals surface area contributed by atoms with Crippen LogP contribution >= 0.6 is 12.2 Å². The minimum Gasteiger partial charge on any atom is -0.360 e. The van der Waals surface area contributed by atoms with Gasteiger partial charge in [0.15, 0.2) is 5.11 Å². The molecule has 5 rings (SSSR count). The molecule has 0 radical (unpaired) electrons. The van der Waals surface area contributed by atoms with E-state index in [0.717, 1.165) is 28.8 Å². The second-order valence-electron chi connectivity index (χ2n) is 8.41. The van der Waals surface area contributed by atoms with E-state index in [2.05, 4.69) is 17.6 Å². The Morgan fingerprint density at radius 1 is 0.950 bits per heavy atom. The van der Waals surface area contributed by atoms with Crippen molar-refractivity contribution in [3.63, 3.8) is 0 Å². The highest BCUT2D eigenvalue weighted by molar-refractivity contribution is 7.80. The topological polar surface area (TPSA) is 24.1 Å². The van der Waals surface area contributed by atoms with E-state index >= 15 is 0 Å². The molecule has 2 N–H and O–H groups in total. The summed E-state index contributed by atoms with van der Waals surface area (Å²) in [5.41, 5.74) is 0.364. The van der Waals surface area contributed by atoms with Crippen molar-refractivity contribution >= 4 is 17.3 Å². The van der Waals surface area contributed by atoms with Gasteiger partial charge >= 0.3 is 0 Å². The molecule has 4 bridgehead atoms. The number of nitrogens with one attached hydrogen (secondary N) is 2. The van der Waals surface area contributed by atoms with Crippen LogP contribution in [0.15, 0.2) is 0 Å². The zero-order valence-corrected chi connectivity index (χ0v) is 13.5. The fraction of sp³-hybridized carbons (Fsp3) is 0.941. The predicted molar refractivity (Wildman–Crippen MR) is 86.6 cm³/mol. The molecule has 2 unspecified atom stereocenters. The van der Waals surface area contributed by atoms with Gasteiger partial charge in [0, 0.05) is 11.6 Å². The lowest BCUT2D eigenvalue weighted by atomic mass is 9.53. The second-order valence-corrected chi connectivity index (χ2v) is 8.82. The molecule has 2 atom stereocenters. The van der Waals surface area contributed by atoms with E-state index in [9.17, 15) is 0 Å². The van der Waals surface area contributed by atoms with Gasteiger partial charge in [0.05, 0.1) is 0 Å². The van der Waals surface area contributed by atoms with Crippen molar-refractivity contribution in [2.24, 2.45) is 23.7 Å². The van der Waals surface area contributed by atoms with Gasteiger partial charge in [0.2, 0.25) is 0 Å². The molecule has 0 aromatic heterocycles. The van der Waals surface area contributed by atoms with Gasteiger partial charge < -0.3 is 10.6 Å². The standard InChI is InChI=1S/C17H28N2S/c1-11-2-3-15(4-11)18-16(20)19-17-8-12-5-13(9-17)7-14(6-12)10-17/h11-15H,2-10H2,1H3,(H2,18,19,20). The second kappa shape index (κ2) is 4.86. The van der Waals surface area contributed by atoms with Crippen molar-refractivity contribution in [1.29, 1.82) is 0 Å². The summed E-state index contributed by atoms with van der Waals surface area (Å²) < 4.78 is 0. The first-order chi connectivity index (χ1) is 9.60. The van der Waals surface area contributed by atoms with Crippen LogP contribution in [0, 0.1) is 23.7 Å². The van der Waals surface area contributed by atoms with E-state index < -0.39 is 0 Å². The van der Waals surface area contributed by atoms with Crippen LogP contribution in [0.4, 0.5) is 0 Å². The summed E-state index contributed by atoms with van der Waals surface area (Å²) in [5.74, 6) is 3.84. The summed E-state index contributed by atoms with van der Waals surface area (Å²) in [6.07, 6.45) is 12.6. The molecule has 2 nitrogen and oxygen atoms in total. The fourth-order valence-corrected chi connectivity index (χ4v) is 6.45. The van der Waals surface area contributed by atoms with Gasteiger partial charge in [0.25, 0.3) is 0 Å². The summed E-state index contributed by atoms with van der Waals surface area (Å²) in [5, 5.41) is 8.34. The maximum absolute atomic E-state index is 5.64. The summed E-state index contributed by atoms with van der Waals surface area (Å²) in [6, 6.07) is 0.624. The molecule has 20 heavy (non-hydrogen) atoms. The van der Waals surface area contributed by atoms with E-state index in [0.29, 0.717) is 11.6 Å². The zero-order chi connectivity index (χ0) is 13.7. The molecule has 0 saturated heterocycles. The smallest absolute Gasteiger partial charge is 0.166 e. The Hall–Kier alpha value is -0.310. The monoisotopic (exact) mass is 292 g/mol. The van der Waals surface area contributed by atoms with E-state index in [1.165, 1.54) is 57.8 Å². The molecule has 112 valence electrons. The predicted octanol–water partition coefficient (Wildman–Crippen LogP) is 3.61. The Kier molecular flexibility index (Phi) is 3.25. The SMILES string of the molecule is CC1CCC(NC(=S)NC23CC4CC(CC(C4)C2)C3)C1. The van der Waals surface area contributed by atoms with Crippen LogP contribution in [0.25, 0.3) is 0 Å². The largest absolute Gasteiger partial charge is 0.360 e. The highest BCUT2D eigenvalue weighted by atomic mass is 32.1. The van der Waals surface area contributed by atoms with E-state index in [4.69, 9.17) is 12.2 Å². The first-order valence-electron chi connectivity index (χ1n) is 8.69. The zero-order valence-electron chi connectivity index (χ0n) is 12.7. The highest BCUT2D eigenvalue weighted by Crippen LogP contribution is 2.55. The van der Waals surface area contributed by atoms with Gasteiger partial charge in [-0.1, -0.05) is 6.92 Å². The average Bonchev–Trinajstić information content (AvgIpc) is 2.71. The van der Waals surface area contributed by atoms with Gasteiger partial charge in [-0.3, -0.25) is 0 Å². The number of thiocarbonyl (C=S) groups is 1. The van der Waals surface area contributed by atoms with Crippen molar-refractivity contribution in [1.82, 2.24) is 10.6 Å². The molecular weight excluding hydrogens is 264 g/mol. The fourth-order valence-electron chi connectivity index (χ4n) is 6.06. The molecule has 0 spiro atoms. The van der Waals surface area contributed by atoms with E-state index in [1.807, 2.05) is 0 Å². The molecule has 0 aromatic rings. The van der Waals surface area contributed by atoms with Gasteiger partial charge in [0.1, 0.15) is 0 Å². The summed E-state index contributed by atoms with van der Waals surface area (Å²) in [7, 11) is 0. The van der Waals surface area contributed by atoms with Crippen molar-refractivity contribution in [3.8, 4) is 0 Å². The Labute approximate surface area is 128 Å². The third kappa shape index (κ3) is 2.47. The van der Waals surface area contributed by atoms with Crippen LogP contribution in [0.1, 0.15) is 64.7 Å². The first kappa shape index (κ1) is 13.4. The van der Waals surface area contributed by atoms with Gasteiger partial charge in [-0.2, -0.15) is 0 Å². The van der Waals surface area contributed by atoms with Crippen LogP contribution in [0.3, 0.4) is 0 Å². The maximum Gasteiger partial charge on any atom is 0.166 e. The molecule has 5 saturated carbocycles. The molecule has 0 aromatic carbocycles. The van der Waals surface area contributed by atoms with Crippen molar-refractivity contribution in [2.45, 2.75) is 76.3 Å². The maximum atomic E-state index is 5.64. The summed E-state index contributed by atoms with van der Waals surface area (Å²) >= 11 is 5.64. The third-order valence-electron chi connectivity index (χ3n) is 6.45. The first-order valence-corrected chi connectivity index (χ1v) is 9.10. The van der Waals surface area contributed by atoms with Gasteiger partial charge in [-0.05, 0) is 93.7 Å². The molecule has 0 aliphatic heterocycles. The number of hydrogen-bond acceptors (Lipinski definition) is 1. The Morgan fingerprint density at radius 2 is 1.55 bits per heavy atom. The van der Waals surface area contributed by atoms with Crippen LogP contribution in [-0.4, -0.2) is 16.7 Å². The molecule has 0 amide bonds. The van der Waals surface area contributed by atoms with Crippen LogP contribution in [0.5, 0.6) is 0 Å². The third-order valence-corrected chi connectivity index (χ3v) is 6.67. The quantitative estimate of drug-likeness (QED) is 0.760. The number of hydrogen-bond donors (Lipinski definition) is 2. The van der Waals surface area contributed by atoms with Crippen LogP contribution in [0.2, 0.25) is 0 Å². The molecular formula is C17H28N2S. The van der Waals surface area contributed by atoms with Gasteiger partial charge in [-0.15, -0.1) is 0 Å². The Morgan fingerprint density at radius 3 is 2.05 bits per heavy atom. The molecule has 5 aliphatic carbocycles. The summed E-state index contributed by atoms with van der Waals surface area (Å²) in [4.78, 5) is 0. The normalized spacial score (nSPS) is 49.4. The molecule has 5 aliphatic rings. The highest BCUT2D eigenvalue weighted by Gasteiger charge is 2.51. The summed E-state index contributed by atoms with van der Waals surface area (Å²) in [6.45, 7) is 2.36.